The molecule has 134 valence electrons. The van der Waals surface area contributed by atoms with E-state index in [2.05, 4.69) is 26.6 Å². The monoisotopic (exact) mass is 369 g/mol. The van der Waals surface area contributed by atoms with E-state index >= 15 is 0 Å². The van der Waals surface area contributed by atoms with Gasteiger partial charge in [0.2, 0.25) is 5.91 Å². The first-order valence-corrected chi connectivity index (χ1v) is 9.64. The minimum atomic E-state index is -0.292. The number of aromatic nitrogens is 1. The molecule has 1 aliphatic heterocycles. The Bertz CT molecular complexity index is 955. The summed E-state index contributed by atoms with van der Waals surface area (Å²) >= 11 is 1.70. The highest BCUT2D eigenvalue weighted by atomic mass is 32.1. The van der Waals surface area contributed by atoms with Gasteiger partial charge >= 0.3 is 0 Å². The van der Waals surface area contributed by atoms with Gasteiger partial charge in [-0.25, -0.2) is 9.37 Å². The lowest BCUT2D eigenvalue weighted by atomic mass is 9.96. The van der Waals surface area contributed by atoms with Crippen LogP contribution in [0.5, 0.6) is 0 Å². The molecule has 1 fully saturated rings. The summed E-state index contributed by atoms with van der Waals surface area (Å²) < 4.78 is 14.5. The molecule has 1 N–H and O–H groups in total. The average Bonchev–Trinajstić information content (AvgIpc) is 3.13. The second-order valence-corrected chi connectivity index (χ2v) is 7.65. The van der Waals surface area contributed by atoms with Crippen molar-refractivity contribution in [2.45, 2.75) is 19.8 Å². The number of carbonyl (C=O) groups excluding carboxylic acids is 1. The quantitative estimate of drug-likeness (QED) is 0.734. The number of pyridine rings is 1. The van der Waals surface area contributed by atoms with Crippen molar-refractivity contribution in [1.29, 1.82) is 0 Å². The number of nitrogens with zero attached hydrogens (tertiary/aromatic N) is 2. The van der Waals surface area contributed by atoms with Gasteiger partial charge in [-0.15, -0.1) is 11.3 Å². The Balaban J connectivity index is 1.51. The zero-order valence-electron chi connectivity index (χ0n) is 14.5. The lowest BCUT2D eigenvalue weighted by molar-refractivity contribution is -0.120. The first-order valence-electron chi connectivity index (χ1n) is 8.76. The van der Waals surface area contributed by atoms with Crippen LogP contribution in [-0.4, -0.2) is 24.0 Å². The van der Waals surface area contributed by atoms with Gasteiger partial charge in [-0.2, -0.15) is 0 Å². The van der Waals surface area contributed by atoms with Gasteiger partial charge < -0.3 is 10.2 Å². The van der Waals surface area contributed by atoms with Gasteiger partial charge in [0.25, 0.3) is 0 Å². The highest BCUT2D eigenvalue weighted by molar-refractivity contribution is 7.17. The summed E-state index contributed by atoms with van der Waals surface area (Å²) in [5.41, 5.74) is 1.40. The SMILES string of the molecule is Cc1cc(F)ccc1NC(=O)[C@@H]1CCCN(c2nccc3sccc23)C1. The molecule has 3 aromatic rings. The van der Waals surface area contributed by atoms with Gasteiger partial charge in [-0.1, -0.05) is 0 Å². The molecule has 2 aromatic heterocycles. The Morgan fingerprint density at radius 1 is 1.35 bits per heavy atom. The van der Waals surface area contributed by atoms with E-state index in [1.807, 2.05) is 12.3 Å². The highest BCUT2D eigenvalue weighted by Gasteiger charge is 2.27. The number of anilines is 2. The van der Waals surface area contributed by atoms with Crippen LogP contribution in [0.25, 0.3) is 10.1 Å². The van der Waals surface area contributed by atoms with Gasteiger partial charge in [-0.05, 0) is 61.0 Å². The number of nitrogens with one attached hydrogen (secondary N) is 1. The standard InChI is InChI=1S/C20H20FN3OS/c1-13-11-15(21)4-5-17(13)23-20(25)14-3-2-9-24(12-14)19-16-7-10-26-18(16)6-8-22-19/h4-8,10-11,14H,2-3,9,12H2,1H3,(H,23,25)/t14-/m1/s1. The van der Waals surface area contributed by atoms with Crippen LogP contribution in [0, 0.1) is 18.7 Å². The number of benzene rings is 1. The first-order chi connectivity index (χ1) is 12.6. The van der Waals surface area contributed by atoms with E-state index in [9.17, 15) is 9.18 Å². The molecule has 1 aromatic carbocycles. The molecule has 0 aliphatic carbocycles. The molecule has 1 amide bonds. The van der Waals surface area contributed by atoms with Crippen molar-refractivity contribution in [3.05, 3.63) is 53.3 Å². The molecule has 0 radical (unpaired) electrons. The van der Waals surface area contributed by atoms with Crippen molar-refractivity contribution in [3.63, 3.8) is 0 Å². The summed E-state index contributed by atoms with van der Waals surface area (Å²) in [6.07, 6.45) is 3.63. The van der Waals surface area contributed by atoms with E-state index < -0.39 is 0 Å². The molecule has 1 saturated heterocycles. The van der Waals surface area contributed by atoms with E-state index in [0.717, 1.165) is 36.2 Å². The Morgan fingerprint density at radius 3 is 3.08 bits per heavy atom. The van der Waals surface area contributed by atoms with Crippen molar-refractivity contribution in [2.24, 2.45) is 5.92 Å². The number of fused-ring (bicyclic) bond motifs is 1. The molecule has 1 atom stereocenters. The molecule has 0 spiro atoms. The van der Waals surface area contributed by atoms with Crippen LogP contribution in [-0.2, 0) is 4.79 Å². The first kappa shape index (κ1) is 17.0. The molecule has 6 heteroatoms. The van der Waals surface area contributed by atoms with Crippen LogP contribution < -0.4 is 10.2 Å². The van der Waals surface area contributed by atoms with Gasteiger partial charge in [0.1, 0.15) is 11.6 Å². The number of thiophene rings is 1. The van der Waals surface area contributed by atoms with Gasteiger partial charge in [0, 0.05) is 35.1 Å². The number of hydrogen-bond acceptors (Lipinski definition) is 4. The number of hydrogen-bond donors (Lipinski definition) is 1. The van der Waals surface area contributed by atoms with E-state index in [0.29, 0.717) is 12.2 Å². The third kappa shape index (κ3) is 3.29. The summed E-state index contributed by atoms with van der Waals surface area (Å²) in [4.78, 5) is 19.5. The zero-order chi connectivity index (χ0) is 18.1. The van der Waals surface area contributed by atoms with Gasteiger partial charge in [0.15, 0.2) is 0 Å². The zero-order valence-corrected chi connectivity index (χ0v) is 15.4. The minimum Gasteiger partial charge on any atom is -0.355 e. The minimum absolute atomic E-state index is 0.0121. The summed E-state index contributed by atoms with van der Waals surface area (Å²) in [5, 5.41) is 6.18. The summed E-state index contributed by atoms with van der Waals surface area (Å²) in [5.74, 6) is 0.546. The molecule has 26 heavy (non-hydrogen) atoms. The number of halogens is 1. The fourth-order valence-electron chi connectivity index (χ4n) is 3.52. The summed E-state index contributed by atoms with van der Waals surface area (Å²) in [6, 6.07) is 8.54. The van der Waals surface area contributed by atoms with Crippen molar-refractivity contribution in [2.75, 3.05) is 23.3 Å². The molecule has 3 heterocycles. The van der Waals surface area contributed by atoms with Crippen LogP contribution >= 0.6 is 11.3 Å². The summed E-state index contributed by atoms with van der Waals surface area (Å²) in [6.45, 7) is 3.35. The Labute approximate surface area is 155 Å². The van der Waals surface area contributed by atoms with Crippen LogP contribution in [0.15, 0.2) is 41.9 Å². The van der Waals surface area contributed by atoms with Gasteiger partial charge in [-0.3, -0.25) is 4.79 Å². The van der Waals surface area contributed by atoms with E-state index in [-0.39, 0.29) is 17.6 Å². The fraction of sp³-hybridized carbons (Fsp3) is 0.300. The van der Waals surface area contributed by atoms with E-state index in [4.69, 9.17) is 0 Å². The molecular weight excluding hydrogens is 349 g/mol. The number of amides is 1. The molecule has 4 rings (SSSR count). The van der Waals surface area contributed by atoms with Gasteiger partial charge in [0.05, 0.1) is 5.92 Å². The molecular formula is C20H20FN3OS. The lowest BCUT2D eigenvalue weighted by Crippen LogP contribution is -2.41. The molecule has 1 aliphatic rings. The topological polar surface area (TPSA) is 45.2 Å². The molecule has 0 bridgehead atoms. The predicted octanol–water partition coefficient (Wildman–Crippen LogP) is 4.60. The maximum atomic E-state index is 13.3. The average molecular weight is 369 g/mol. The second kappa shape index (κ2) is 7.03. The van der Waals surface area contributed by atoms with E-state index in [1.54, 1.807) is 24.3 Å². The fourth-order valence-corrected chi connectivity index (χ4v) is 4.29. The number of piperidine rings is 1. The van der Waals surface area contributed by atoms with Crippen LogP contribution in [0.4, 0.5) is 15.9 Å². The largest absolute Gasteiger partial charge is 0.355 e. The van der Waals surface area contributed by atoms with Crippen LogP contribution in [0.3, 0.4) is 0 Å². The Morgan fingerprint density at radius 2 is 2.23 bits per heavy atom. The number of rotatable bonds is 3. The maximum Gasteiger partial charge on any atom is 0.229 e. The predicted molar refractivity (Wildman–Crippen MR) is 104 cm³/mol. The van der Waals surface area contributed by atoms with Crippen molar-refractivity contribution >= 4 is 38.8 Å². The Kier molecular flexibility index (Phi) is 4.59. The molecule has 0 saturated carbocycles. The normalized spacial score (nSPS) is 17.5. The molecule has 4 nitrogen and oxygen atoms in total. The smallest absolute Gasteiger partial charge is 0.229 e. The van der Waals surface area contributed by atoms with Crippen molar-refractivity contribution in [1.82, 2.24) is 4.98 Å². The number of aryl methyl sites for hydroxylation is 1. The van der Waals surface area contributed by atoms with E-state index in [1.165, 1.54) is 16.8 Å². The lowest BCUT2D eigenvalue weighted by Gasteiger charge is -2.33. The van der Waals surface area contributed by atoms with Crippen molar-refractivity contribution < 1.29 is 9.18 Å². The van der Waals surface area contributed by atoms with Crippen molar-refractivity contribution in [3.8, 4) is 0 Å². The van der Waals surface area contributed by atoms with Crippen LogP contribution in [0.1, 0.15) is 18.4 Å². The Hall–Kier alpha value is -2.47. The second-order valence-electron chi connectivity index (χ2n) is 6.70. The third-order valence-corrected chi connectivity index (χ3v) is 5.78. The highest BCUT2D eigenvalue weighted by Crippen LogP contribution is 2.31. The van der Waals surface area contributed by atoms with Crippen LogP contribution in [0.2, 0.25) is 0 Å². The third-order valence-electron chi connectivity index (χ3n) is 4.90. The maximum absolute atomic E-state index is 13.3. The summed E-state index contributed by atoms with van der Waals surface area (Å²) in [7, 11) is 0. The molecule has 0 unspecified atom stereocenters. The number of carbonyl (C=O) groups is 1.